The molecule has 0 spiro atoms. The normalized spacial score (nSPS) is 20.8. The average Bonchev–Trinajstić information content (AvgIpc) is 2.84. The van der Waals surface area contributed by atoms with Crippen LogP contribution >= 0.6 is 11.6 Å². The van der Waals surface area contributed by atoms with E-state index in [1.54, 1.807) is 18.2 Å². The van der Waals surface area contributed by atoms with Crippen LogP contribution < -0.4 is 4.72 Å². The molecule has 1 aliphatic heterocycles. The van der Waals surface area contributed by atoms with Gasteiger partial charge in [-0.05, 0) is 38.1 Å². The number of halogens is 1. The molecule has 1 fully saturated rings. The first-order valence-corrected chi connectivity index (χ1v) is 8.39. The summed E-state index contributed by atoms with van der Waals surface area (Å²) in [6, 6.07) is 6.80. The van der Waals surface area contributed by atoms with Gasteiger partial charge in [0.05, 0.1) is 5.02 Å². The van der Waals surface area contributed by atoms with Crippen molar-refractivity contribution in [3.8, 4) is 0 Å². The van der Waals surface area contributed by atoms with Crippen LogP contribution in [0.2, 0.25) is 5.02 Å². The van der Waals surface area contributed by atoms with E-state index in [1.165, 1.54) is 6.07 Å². The Labute approximate surface area is 119 Å². The second-order valence-electron chi connectivity index (χ2n) is 4.71. The lowest BCUT2D eigenvalue weighted by Gasteiger charge is -2.22. The molecule has 4 nitrogen and oxygen atoms in total. The zero-order valence-electron chi connectivity index (χ0n) is 11.0. The number of sulfonamides is 1. The van der Waals surface area contributed by atoms with Gasteiger partial charge in [-0.25, -0.2) is 13.1 Å². The van der Waals surface area contributed by atoms with Crippen LogP contribution in [0.15, 0.2) is 29.2 Å². The fraction of sp³-hybridized carbons (Fsp3) is 0.538. The number of rotatable bonds is 5. The van der Waals surface area contributed by atoms with Gasteiger partial charge in [0, 0.05) is 12.6 Å². The molecule has 0 radical (unpaired) electrons. The lowest BCUT2D eigenvalue weighted by molar-refractivity contribution is 0.268. The van der Waals surface area contributed by atoms with Crippen molar-refractivity contribution in [1.29, 1.82) is 0 Å². The molecule has 0 aromatic heterocycles. The Morgan fingerprint density at radius 2 is 2.16 bits per heavy atom. The summed E-state index contributed by atoms with van der Waals surface area (Å²) in [5.41, 5.74) is 0. The highest BCUT2D eigenvalue weighted by Crippen LogP contribution is 2.21. The lowest BCUT2D eigenvalue weighted by Crippen LogP contribution is -2.40. The summed E-state index contributed by atoms with van der Waals surface area (Å²) in [6.45, 7) is 4.55. The second kappa shape index (κ2) is 6.22. The van der Waals surface area contributed by atoms with E-state index in [9.17, 15) is 8.42 Å². The van der Waals surface area contributed by atoms with Gasteiger partial charge in [0.2, 0.25) is 10.0 Å². The standard InChI is InChI=1S/C13H19ClN2O2S/c1-2-16-9-5-6-11(16)10-15-19(17,18)13-8-4-3-7-12(13)14/h3-4,7-8,11,15H,2,5-6,9-10H2,1H3/t11-/m1/s1. The zero-order valence-corrected chi connectivity index (χ0v) is 12.5. The molecule has 1 aliphatic rings. The third-order valence-corrected chi connectivity index (χ3v) is 5.46. The first-order valence-electron chi connectivity index (χ1n) is 6.53. The average molecular weight is 303 g/mol. The summed E-state index contributed by atoms with van der Waals surface area (Å²) in [4.78, 5) is 2.45. The smallest absolute Gasteiger partial charge is 0.242 e. The van der Waals surface area contributed by atoms with Crippen molar-refractivity contribution in [2.45, 2.75) is 30.7 Å². The van der Waals surface area contributed by atoms with Gasteiger partial charge in [0.25, 0.3) is 0 Å². The van der Waals surface area contributed by atoms with E-state index < -0.39 is 10.0 Å². The minimum Gasteiger partial charge on any atom is -0.299 e. The highest BCUT2D eigenvalue weighted by Gasteiger charge is 2.25. The molecule has 106 valence electrons. The zero-order chi connectivity index (χ0) is 13.9. The van der Waals surface area contributed by atoms with E-state index in [4.69, 9.17) is 11.6 Å². The maximum atomic E-state index is 12.2. The van der Waals surface area contributed by atoms with Gasteiger partial charge in [-0.3, -0.25) is 4.90 Å². The van der Waals surface area contributed by atoms with E-state index in [1.807, 2.05) is 0 Å². The van der Waals surface area contributed by atoms with Crippen LogP contribution in [0.3, 0.4) is 0 Å². The van der Waals surface area contributed by atoms with Crippen molar-refractivity contribution in [2.24, 2.45) is 0 Å². The summed E-state index contributed by atoms with van der Waals surface area (Å²) in [7, 11) is -3.52. The molecule has 1 N–H and O–H groups in total. The summed E-state index contributed by atoms with van der Waals surface area (Å²) in [5.74, 6) is 0. The van der Waals surface area contributed by atoms with Crippen molar-refractivity contribution < 1.29 is 8.42 Å². The van der Waals surface area contributed by atoms with Crippen molar-refractivity contribution in [1.82, 2.24) is 9.62 Å². The molecule has 1 heterocycles. The SMILES string of the molecule is CCN1CCC[C@@H]1CNS(=O)(=O)c1ccccc1Cl. The van der Waals surface area contributed by atoms with Crippen LogP contribution in [0.5, 0.6) is 0 Å². The number of nitrogens with zero attached hydrogens (tertiary/aromatic N) is 1. The van der Waals surface area contributed by atoms with Gasteiger partial charge in [-0.1, -0.05) is 30.7 Å². The van der Waals surface area contributed by atoms with E-state index in [0.717, 1.165) is 25.9 Å². The molecular formula is C13H19ClN2O2S. The largest absolute Gasteiger partial charge is 0.299 e. The minimum atomic E-state index is -3.52. The number of nitrogens with one attached hydrogen (secondary N) is 1. The van der Waals surface area contributed by atoms with Crippen LogP contribution in [-0.4, -0.2) is 39.0 Å². The van der Waals surface area contributed by atoms with E-state index in [2.05, 4.69) is 16.5 Å². The molecule has 0 saturated carbocycles. The summed E-state index contributed by atoms with van der Waals surface area (Å²) in [6.07, 6.45) is 2.17. The van der Waals surface area contributed by atoms with E-state index >= 15 is 0 Å². The third-order valence-electron chi connectivity index (χ3n) is 3.54. The fourth-order valence-corrected chi connectivity index (χ4v) is 4.08. The number of likely N-dealkylation sites (tertiary alicyclic amines) is 1. The molecule has 6 heteroatoms. The van der Waals surface area contributed by atoms with Crippen LogP contribution in [-0.2, 0) is 10.0 Å². The van der Waals surface area contributed by atoms with Crippen LogP contribution in [0.25, 0.3) is 0 Å². The maximum Gasteiger partial charge on any atom is 0.242 e. The summed E-state index contributed by atoms with van der Waals surface area (Å²) >= 11 is 5.93. The first kappa shape index (κ1) is 14.8. The monoisotopic (exact) mass is 302 g/mol. The van der Waals surface area contributed by atoms with Gasteiger partial charge >= 0.3 is 0 Å². The fourth-order valence-electron chi connectivity index (χ4n) is 2.49. The van der Waals surface area contributed by atoms with Crippen molar-refractivity contribution in [3.63, 3.8) is 0 Å². The van der Waals surface area contributed by atoms with Crippen LogP contribution in [0, 0.1) is 0 Å². The molecule has 0 aliphatic carbocycles. The molecular weight excluding hydrogens is 284 g/mol. The molecule has 1 atom stereocenters. The minimum absolute atomic E-state index is 0.151. The van der Waals surface area contributed by atoms with E-state index in [0.29, 0.717) is 12.6 Å². The van der Waals surface area contributed by atoms with Gasteiger partial charge in [0.15, 0.2) is 0 Å². The van der Waals surface area contributed by atoms with E-state index in [-0.39, 0.29) is 9.92 Å². The Hall–Kier alpha value is -0.620. The molecule has 0 bridgehead atoms. The molecule has 1 aromatic carbocycles. The van der Waals surface area contributed by atoms with Gasteiger partial charge in [0.1, 0.15) is 4.90 Å². The number of benzene rings is 1. The Morgan fingerprint density at radius 3 is 2.84 bits per heavy atom. The second-order valence-corrected chi connectivity index (χ2v) is 6.85. The lowest BCUT2D eigenvalue weighted by atomic mass is 10.2. The maximum absolute atomic E-state index is 12.2. The molecule has 19 heavy (non-hydrogen) atoms. The van der Waals surface area contributed by atoms with Crippen molar-refractivity contribution in [3.05, 3.63) is 29.3 Å². The Balaban J connectivity index is 2.04. The number of likely N-dealkylation sites (N-methyl/N-ethyl adjacent to an activating group) is 1. The summed E-state index contributed by atoms with van der Waals surface area (Å²) in [5, 5.41) is 0.258. The number of hydrogen-bond donors (Lipinski definition) is 1. The molecule has 1 aromatic rings. The predicted molar refractivity (Wildman–Crippen MR) is 76.9 cm³/mol. The van der Waals surface area contributed by atoms with Crippen LogP contribution in [0.4, 0.5) is 0 Å². The first-order chi connectivity index (χ1) is 9.04. The molecule has 0 amide bonds. The Kier molecular flexibility index (Phi) is 4.84. The van der Waals surface area contributed by atoms with Crippen molar-refractivity contribution in [2.75, 3.05) is 19.6 Å². The number of hydrogen-bond acceptors (Lipinski definition) is 3. The third kappa shape index (κ3) is 3.48. The molecule has 2 rings (SSSR count). The highest BCUT2D eigenvalue weighted by molar-refractivity contribution is 7.89. The van der Waals surface area contributed by atoms with Gasteiger partial charge in [-0.15, -0.1) is 0 Å². The van der Waals surface area contributed by atoms with Gasteiger partial charge < -0.3 is 0 Å². The molecule has 0 unspecified atom stereocenters. The topological polar surface area (TPSA) is 49.4 Å². The molecule has 1 saturated heterocycles. The Bertz CT molecular complexity index is 533. The van der Waals surface area contributed by atoms with Gasteiger partial charge in [-0.2, -0.15) is 0 Å². The summed E-state index contributed by atoms with van der Waals surface area (Å²) < 4.78 is 27.0. The Morgan fingerprint density at radius 1 is 1.42 bits per heavy atom. The van der Waals surface area contributed by atoms with Crippen LogP contribution in [0.1, 0.15) is 19.8 Å². The predicted octanol–water partition coefficient (Wildman–Crippen LogP) is 2.10. The quantitative estimate of drug-likeness (QED) is 0.906. The highest BCUT2D eigenvalue weighted by atomic mass is 35.5. The van der Waals surface area contributed by atoms with Crippen molar-refractivity contribution >= 4 is 21.6 Å².